The Hall–Kier alpha value is -2.22. The van der Waals surface area contributed by atoms with Crippen LogP contribution in [0.2, 0.25) is 0 Å². The molecule has 0 radical (unpaired) electrons. The fourth-order valence-corrected chi connectivity index (χ4v) is 2.71. The number of nitrogens with one attached hydrogen (secondary N) is 2. The van der Waals surface area contributed by atoms with Gasteiger partial charge in [-0.05, 0) is 31.1 Å². The van der Waals surface area contributed by atoms with E-state index in [1.165, 1.54) is 6.07 Å². The van der Waals surface area contributed by atoms with Crippen LogP contribution in [0, 0.1) is 5.92 Å². The molecule has 1 aliphatic rings. The van der Waals surface area contributed by atoms with Crippen molar-refractivity contribution in [2.45, 2.75) is 33.4 Å². The van der Waals surface area contributed by atoms with Gasteiger partial charge >= 0.3 is 12.6 Å². The average molecular weight is 370 g/mol. The number of hydrogen-bond acceptors (Lipinski definition) is 4. The van der Waals surface area contributed by atoms with Crippen LogP contribution < -0.4 is 15.4 Å². The van der Waals surface area contributed by atoms with Crippen LogP contribution >= 0.6 is 12.2 Å². The zero-order valence-electron chi connectivity index (χ0n) is 14.1. The first-order chi connectivity index (χ1) is 11.8. The topological polar surface area (TPSA) is 59.6 Å². The molecule has 0 fully saturated rings. The summed E-state index contributed by atoms with van der Waals surface area (Å²) in [5.74, 6) is -0.393. The second kappa shape index (κ2) is 8.24. The van der Waals surface area contributed by atoms with Crippen molar-refractivity contribution in [3.8, 4) is 5.75 Å². The predicted octanol–water partition coefficient (Wildman–Crippen LogP) is 3.28. The van der Waals surface area contributed by atoms with Crippen molar-refractivity contribution in [2.75, 3.05) is 6.61 Å². The van der Waals surface area contributed by atoms with E-state index in [-0.39, 0.29) is 29.0 Å². The molecule has 0 aromatic heterocycles. The van der Waals surface area contributed by atoms with Crippen LogP contribution in [-0.4, -0.2) is 24.3 Å². The molecular formula is C17H20F2N2O3S. The second-order valence-electron chi connectivity index (χ2n) is 5.98. The highest BCUT2D eigenvalue weighted by Gasteiger charge is 2.33. The van der Waals surface area contributed by atoms with Gasteiger partial charge in [0.2, 0.25) is 0 Å². The number of hydrogen-bond donors (Lipinski definition) is 2. The van der Waals surface area contributed by atoms with Gasteiger partial charge in [-0.3, -0.25) is 0 Å². The first-order valence-electron chi connectivity index (χ1n) is 7.78. The molecule has 0 unspecified atom stereocenters. The van der Waals surface area contributed by atoms with Crippen LogP contribution in [0.3, 0.4) is 0 Å². The SMILES string of the molecule is CC1=C(C(=O)OCC(C)C)[C@@H](c2ccccc2OC(F)F)NC(=S)N1. The number of para-hydroxylation sites is 1. The molecular weight excluding hydrogens is 350 g/mol. The Bertz CT molecular complexity index is 692. The minimum Gasteiger partial charge on any atom is -0.462 e. The third kappa shape index (κ3) is 4.88. The van der Waals surface area contributed by atoms with E-state index in [0.717, 1.165) is 0 Å². The summed E-state index contributed by atoms with van der Waals surface area (Å²) in [6.07, 6.45) is 0. The summed E-state index contributed by atoms with van der Waals surface area (Å²) in [6.45, 7) is 2.80. The van der Waals surface area contributed by atoms with Crippen molar-refractivity contribution in [3.05, 3.63) is 41.1 Å². The molecule has 0 amide bonds. The average Bonchev–Trinajstić information content (AvgIpc) is 2.51. The van der Waals surface area contributed by atoms with Gasteiger partial charge in [-0.25, -0.2) is 4.79 Å². The molecule has 8 heteroatoms. The van der Waals surface area contributed by atoms with Crippen LogP contribution in [0.25, 0.3) is 0 Å². The van der Waals surface area contributed by atoms with Gasteiger partial charge < -0.3 is 20.1 Å². The summed E-state index contributed by atoms with van der Waals surface area (Å²) in [7, 11) is 0. The lowest BCUT2D eigenvalue weighted by molar-refractivity contribution is -0.140. The fraction of sp³-hybridized carbons (Fsp3) is 0.412. The Kier molecular flexibility index (Phi) is 6.30. The van der Waals surface area contributed by atoms with Crippen molar-refractivity contribution in [1.29, 1.82) is 0 Å². The number of carbonyl (C=O) groups is 1. The second-order valence-corrected chi connectivity index (χ2v) is 6.39. The molecule has 1 aliphatic heterocycles. The summed E-state index contributed by atoms with van der Waals surface area (Å²) >= 11 is 5.14. The molecule has 0 spiro atoms. The lowest BCUT2D eigenvalue weighted by Crippen LogP contribution is -2.45. The van der Waals surface area contributed by atoms with E-state index in [9.17, 15) is 13.6 Å². The Morgan fingerprint density at radius 2 is 2.00 bits per heavy atom. The summed E-state index contributed by atoms with van der Waals surface area (Å²) < 4.78 is 35.3. The van der Waals surface area contributed by atoms with Crippen LogP contribution in [0.4, 0.5) is 8.78 Å². The number of halogens is 2. The number of esters is 1. The van der Waals surface area contributed by atoms with Crippen LogP contribution in [0.5, 0.6) is 5.75 Å². The van der Waals surface area contributed by atoms with Crippen molar-refractivity contribution in [3.63, 3.8) is 0 Å². The van der Waals surface area contributed by atoms with Gasteiger partial charge in [-0.2, -0.15) is 8.78 Å². The molecule has 2 N–H and O–H groups in total. The Labute approximate surface area is 150 Å². The molecule has 2 rings (SSSR count). The van der Waals surface area contributed by atoms with E-state index in [2.05, 4.69) is 15.4 Å². The molecule has 0 aliphatic carbocycles. The fourth-order valence-electron chi connectivity index (χ4n) is 2.44. The monoisotopic (exact) mass is 370 g/mol. The Morgan fingerprint density at radius 1 is 1.32 bits per heavy atom. The van der Waals surface area contributed by atoms with E-state index in [0.29, 0.717) is 11.3 Å². The minimum absolute atomic E-state index is 0.0262. The zero-order chi connectivity index (χ0) is 18.6. The number of allylic oxidation sites excluding steroid dienone is 1. The summed E-state index contributed by atoms with van der Waals surface area (Å²) in [5, 5.41) is 6.09. The quantitative estimate of drug-likeness (QED) is 0.592. The molecule has 136 valence electrons. The van der Waals surface area contributed by atoms with Gasteiger partial charge in [-0.1, -0.05) is 32.0 Å². The number of benzene rings is 1. The predicted molar refractivity (Wildman–Crippen MR) is 93.2 cm³/mol. The summed E-state index contributed by atoms with van der Waals surface area (Å²) in [5.41, 5.74) is 1.16. The van der Waals surface area contributed by atoms with Gasteiger partial charge in [-0.15, -0.1) is 0 Å². The highest BCUT2D eigenvalue weighted by molar-refractivity contribution is 7.80. The first-order valence-corrected chi connectivity index (χ1v) is 8.19. The molecule has 1 atom stereocenters. The summed E-state index contributed by atoms with van der Waals surface area (Å²) in [6, 6.07) is 5.52. The molecule has 0 bridgehead atoms. The molecule has 25 heavy (non-hydrogen) atoms. The van der Waals surface area contributed by atoms with Gasteiger partial charge in [0.15, 0.2) is 5.11 Å². The van der Waals surface area contributed by atoms with Crippen molar-refractivity contribution >= 4 is 23.3 Å². The minimum atomic E-state index is -2.98. The van der Waals surface area contributed by atoms with E-state index in [1.807, 2.05) is 13.8 Å². The highest BCUT2D eigenvalue weighted by atomic mass is 32.1. The molecule has 1 aromatic rings. The third-order valence-corrected chi connectivity index (χ3v) is 3.70. The van der Waals surface area contributed by atoms with Crippen molar-refractivity contribution in [2.24, 2.45) is 5.92 Å². The maximum Gasteiger partial charge on any atom is 0.387 e. The van der Waals surface area contributed by atoms with Crippen molar-refractivity contribution < 1.29 is 23.0 Å². The molecule has 1 aromatic carbocycles. The number of ether oxygens (including phenoxy) is 2. The lowest BCUT2D eigenvalue weighted by Gasteiger charge is -2.30. The van der Waals surface area contributed by atoms with Crippen LogP contribution in [-0.2, 0) is 9.53 Å². The lowest BCUT2D eigenvalue weighted by atomic mass is 9.95. The maximum atomic E-state index is 12.7. The number of thiocarbonyl (C=S) groups is 1. The van der Waals surface area contributed by atoms with Gasteiger partial charge in [0, 0.05) is 11.3 Å². The highest BCUT2D eigenvalue weighted by Crippen LogP contribution is 2.34. The first kappa shape index (κ1) is 19.1. The van der Waals surface area contributed by atoms with E-state index < -0.39 is 18.6 Å². The smallest absolute Gasteiger partial charge is 0.387 e. The van der Waals surface area contributed by atoms with E-state index in [1.54, 1.807) is 25.1 Å². The molecule has 1 heterocycles. The molecule has 0 saturated carbocycles. The van der Waals surface area contributed by atoms with Gasteiger partial charge in [0.25, 0.3) is 0 Å². The van der Waals surface area contributed by atoms with E-state index >= 15 is 0 Å². The van der Waals surface area contributed by atoms with Crippen LogP contribution in [0.15, 0.2) is 35.5 Å². The maximum absolute atomic E-state index is 12.7. The molecule has 5 nitrogen and oxygen atoms in total. The van der Waals surface area contributed by atoms with Crippen molar-refractivity contribution in [1.82, 2.24) is 10.6 Å². The zero-order valence-corrected chi connectivity index (χ0v) is 15.0. The Balaban J connectivity index is 2.41. The molecule has 0 saturated heterocycles. The normalized spacial score (nSPS) is 17.4. The van der Waals surface area contributed by atoms with Crippen LogP contribution in [0.1, 0.15) is 32.4 Å². The summed E-state index contributed by atoms with van der Waals surface area (Å²) in [4.78, 5) is 12.5. The third-order valence-electron chi connectivity index (χ3n) is 3.48. The Morgan fingerprint density at radius 3 is 2.64 bits per heavy atom. The standard InChI is InChI=1S/C17H20F2N2O3S/c1-9(2)8-23-15(22)13-10(3)20-17(25)21-14(13)11-6-4-5-7-12(11)24-16(18)19/h4-7,9,14,16H,8H2,1-3H3,(H2,20,21,25)/t14-/m1/s1. The van der Waals surface area contributed by atoms with E-state index in [4.69, 9.17) is 17.0 Å². The number of rotatable bonds is 6. The number of alkyl halides is 2. The number of carbonyl (C=O) groups excluding carboxylic acids is 1. The van der Waals surface area contributed by atoms with Gasteiger partial charge in [0.05, 0.1) is 18.2 Å². The largest absolute Gasteiger partial charge is 0.462 e. The van der Waals surface area contributed by atoms with Gasteiger partial charge in [0.1, 0.15) is 5.75 Å².